The van der Waals surface area contributed by atoms with Gasteiger partial charge in [0.1, 0.15) is 11.2 Å². The number of nitrogens with two attached hydrogens (primary N) is 1. The summed E-state index contributed by atoms with van der Waals surface area (Å²) in [5.41, 5.74) is 5.83. The van der Waals surface area contributed by atoms with E-state index >= 15 is 0 Å². The lowest BCUT2D eigenvalue weighted by Crippen LogP contribution is -2.29. The molecule has 1 aromatic heterocycles. The zero-order valence-electron chi connectivity index (χ0n) is 14.9. The molecule has 3 aromatic rings. The Morgan fingerprint density at radius 2 is 2.15 bits per heavy atom. The summed E-state index contributed by atoms with van der Waals surface area (Å²) < 4.78 is 39.3. The third-order valence-corrected chi connectivity index (χ3v) is 4.66. The average molecular weight is 357 g/mol. The highest BCUT2D eigenvalue weighted by atomic mass is 19.2. The Morgan fingerprint density at radius 3 is 2.88 bits per heavy atom. The molecule has 26 heavy (non-hydrogen) atoms. The van der Waals surface area contributed by atoms with Crippen LogP contribution in [0.1, 0.15) is 36.0 Å². The van der Waals surface area contributed by atoms with Gasteiger partial charge in [-0.25, -0.2) is 13.5 Å². The van der Waals surface area contributed by atoms with Crippen LogP contribution in [-0.4, -0.2) is 28.8 Å². The van der Waals surface area contributed by atoms with Gasteiger partial charge < -0.3 is 11.1 Å². The molecule has 4 rings (SSSR count). The molecule has 7 heteroatoms. The van der Waals surface area contributed by atoms with Gasteiger partial charge in [-0.05, 0) is 43.0 Å². The number of carbonyl (C=O) groups excluding carboxylic acids is 1. The molecule has 1 aliphatic rings. The van der Waals surface area contributed by atoms with Crippen LogP contribution in [0.4, 0.5) is 8.78 Å². The number of nitrogens with zero attached hydrogens (tertiary/aromatic N) is 2. The fraction of sp³-hybridized carbons (Fsp3) is 0.263. The summed E-state index contributed by atoms with van der Waals surface area (Å²) in [5, 5.41) is 7.87. The van der Waals surface area contributed by atoms with Crippen molar-refractivity contribution >= 4 is 16.8 Å². The highest BCUT2D eigenvalue weighted by molar-refractivity contribution is 6.04. The van der Waals surface area contributed by atoms with Crippen molar-refractivity contribution in [2.24, 2.45) is 5.73 Å². The first-order valence-electron chi connectivity index (χ1n) is 8.88. The summed E-state index contributed by atoms with van der Waals surface area (Å²) in [6.07, 6.45) is 2.70. The molecular formula is C19H18F2N4O. The maximum absolute atomic E-state index is 14.8. The molecule has 0 radical (unpaired) electrons. The fourth-order valence-corrected chi connectivity index (χ4v) is 3.34. The number of rotatable bonds is 3. The van der Waals surface area contributed by atoms with Gasteiger partial charge in [0, 0.05) is 19.5 Å². The van der Waals surface area contributed by atoms with Crippen molar-refractivity contribution in [3.8, 4) is 5.69 Å². The number of hydrogen-bond donors (Lipinski definition) is 2. The van der Waals surface area contributed by atoms with Crippen LogP contribution >= 0.6 is 0 Å². The van der Waals surface area contributed by atoms with Crippen molar-refractivity contribution in [3.05, 3.63) is 59.3 Å². The quantitative estimate of drug-likeness (QED) is 0.757. The third kappa shape index (κ3) is 2.74. The predicted octanol–water partition coefficient (Wildman–Crippen LogP) is 2.87. The van der Waals surface area contributed by atoms with Gasteiger partial charge in [-0.3, -0.25) is 4.79 Å². The molecule has 2 heterocycles. The number of nitrogens with one attached hydrogen (secondary N) is 1. The van der Waals surface area contributed by atoms with E-state index in [1.807, 2.05) is 0 Å². The standard InChI is InChI=1S/C19H18F2N4O/c20-16-13(11-4-2-8-23-9-11)6-7-15(17(16)21)25-10-12-3-1-5-14(19(22)26)18(12)24-25/h1,3,5-7,10-11,23H,2,4,8-9H2,(H2,22,26)/t11-/m0/s1/i11D. The first kappa shape index (κ1) is 15.5. The predicted molar refractivity (Wildman–Crippen MR) is 94.3 cm³/mol. The minimum atomic E-state index is -1.20. The lowest BCUT2D eigenvalue weighted by Gasteiger charge is -2.24. The SMILES string of the molecule is [2H][C@]1(c2ccc(-n3cc4cccc(C(N)=O)c4n3)c(F)c2F)CCCNC1. The summed E-state index contributed by atoms with van der Waals surface area (Å²) in [6, 6.07) is 7.74. The summed E-state index contributed by atoms with van der Waals surface area (Å²) in [6.45, 7) is 1.04. The number of amides is 1. The van der Waals surface area contributed by atoms with Gasteiger partial charge in [-0.2, -0.15) is 5.10 Å². The monoisotopic (exact) mass is 357 g/mol. The molecular weight excluding hydrogens is 338 g/mol. The molecule has 0 unspecified atom stereocenters. The maximum Gasteiger partial charge on any atom is 0.250 e. The summed E-state index contributed by atoms with van der Waals surface area (Å²) in [5.74, 6) is -3.96. The van der Waals surface area contributed by atoms with E-state index in [4.69, 9.17) is 7.10 Å². The number of fused-ring (bicyclic) bond motifs is 1. The number of hydrogen-bond acceptors (Lipinski definition) is 3. The molecule has 2 aromatic carbocycles. The summed E-state index contributed by atoms with van der Waals surface area (Å²) in [7, 11) is 0. The minimum absolute atomic E-state index is 0.0329. The molecule has 0 aliphatic carbocycles. The molecule has 1 amide bonds. The molecule has 1 aliphatic heterocycles. The van der Waals surface area contributed by atoms with E-state index in [2.05, 4.69) is 10.4 Å². The van der Waals surface area contributed by atoms with Crippen LogP contribution in [-0.2, 0) is 0 Å². The van der Waals surface area contributed by atoms with Crippen LogP contribution in [0.2, 0.25) is 0 Å². The Bertz CT molecular complexity index is 1040. The lowest BCUT2D eigenvalue weighted by molar-refractivity contribution is 0.100. The van der Waals surface area contributed by atoms with Gasteiger partial charge in [0.25, 0.3) is 5.91 Å². The lowest BCUT2D eigenvalue weighted by atomic mass is 9.91. The number of benzene rings is 2. The zero-order chi connectivity index (χ0) is 19.2. The number of aromatic nitrogens is 2. The van der Waals surface area contributed by atoms with E-state index in [0.29, 0.717) is 17.3 Å². The van der Waals surface area contributed by atoms with E-state index < -0.39 is 23.4 Å². The Hall–Kier alpha value is -2.80. The average Bonchev–Trinajstić information content (AvgIpc) is 3.08. The first-order chi connectivity index (χ1) is 12.9. The molecule has 0 spiro atoms. The van der Waals surface area contributed by atoms with E-state index in [1.165, 1.54) is 29.1 Å². The molecule has 3 N–H and O–H groups in total. The summed E-state index contributed by atoms with van der Waals surface area (Å²) >= 11 is 0. The fourth-order valence-electron chi connectivity index (χ4n) is 3.34. The first-order valence-corrected chi connectivity index (χ1v) is 8.38. The van der Waals surface area contributed by atoms with Gasteiger partial charge in [0.2, 0.25) is 0 Å². The van der Waals surface area contributed by atoms with Gasteiger partial charge in [0.05, 0.1) is 5.56 Å². The number of piperidine rings is 1. The van der Waals surface area contributed by atoms with Crippen molar-refractivity contribution in [2.45, 2.75) is 18.7 Å². The van der Waals surface area contributed by atoms with Crippen LogP contribution in [0.3, 0.4) is 0 Å². The molecule has 134 valence electrons. The molecule has 1 atom stereocenters. The number of carbonyl (C=O) groups is 1. The molecule has 0 saturated carbocycles. The normalized spacial score (nSPS) is 20.9. The van der Waals surface area contributed by atoms with Gasteiger partial charge in [-0.15, -0.1) is 0 Å². The van der Waals surface area contributed by atoms with Crippen molar-refractivity contribution in [1.82, 2.24) is 15.1 Å². The summed E-state index contributed by atoms with van der Waals surface area (Å²) in [4.78, 5) is 11.5. The molecule has 1 saturated heterocycles. The van der Waals surface area contributed by atoms with E-state index in [9.17, 15) is 13.6 Å². The van der Waals surface area contributed by atoms with Crippen LogP contribution in [0.5, 0.6) is 0 Å². The van der Waals surface area contributed by atoms with Crippen LogP contribution in [0, 0.1) is 11.6 Å². The minimum Gasteiger partial charge on any atom is -0.366 e. The van der Waals surface area contributed by atoms with Crippen molar-refractivity contribution in [1.29, 1.82) is 0 Å². The largest absolute Gasteiger partial charge is 0.366 e. The van der Waals surface area contributed by atoms with E-state index in [1.54, 1.807) is 12.1 Å². The Morgan fingerprint density at radius 1 is 1.31 bits per heavy atom. The molecule has 0 bridgehead atoms. The van der Waals surface area contributed by atoms with Crippen LogP contribution in [0.25, 0.3) is 16.6 Å². The highest BCUT2D eigenvalue weighted by Gasteiger charge is 2.23. The van der Waals surface area contributed by atoms with Crippen molar-refractivity contribution in [2.75, 3.05) is 13.1 Å². The number of primary amides is 1. The second kappa shape index (κ2) is 6.49. The number of halogens is 2. The van der Waals surface area contributed by atoms with E-state index in [-0.39, 0.29) is 23.4 Å². The zero-order valence-corrected chi connectivity index (χ0v) is 13.9. The van der Waals surface area contributed by atoms with Crippen molar-refractivity contribution < 1.29 is 14.9 Å². The Labute approximate surface area is 150 Å². The second-order valence-electron chi connectivity index (χ2n) is 6.33. The van der Waals surface area contributed by atoms with Crippen LogP contribution in [0.15, 0.2) is 36.5 Å². The Balaban J connectivity index is 1.81. The molecule has 5 nitrogen and oxygen atoms in total. The smallest absolute Gasteiger partial charge is 0.250 e. The van der Waals surface area contributed by atoms with Crippen molar-refractivity contribution in [3.63, 3.8) is 0 Å². The third-order valence-electron chi connectivity index (χ3n) is 4.66. The highest BCUT2D eigenvalue weighted by Crippen LogP contribution is 2.30. The van der Waals surface area contributed by atoms with Gasteiger partial charge in [-0.1, -0.05) is 18.2 Å². The maximum atomic E-state index is 14.8. The second-order valence-corrected chi connectivity index (χ2v) is 6.33. The van der Waals surface area contributed by atoms with E-state index in [0.717, 1.165) is 13.0 Å². The van der Waals surface area contributed by atoms with Crippen LogP contribution < -0.4 is 11.1 Å². The topological polar surface area (TPSA) is 72.9 Å². The van der Waals surface area contributed by atoms with Gasteiger partial charge in [0.15, 0.2) is 11.6 Å². The molecule has 1 fully saturated rings. The van der Waals surface area contributed by atoms with Gasteiger partial charge >= 0.3 is 0 Å². The Kier molecular flexibility index (Phi) is 3.86.